The lowest BCUT2D eigenvalue weighted by atomic mass is 10.1. The number of azo groups is 1. The highest BCUT2D eigenvalue weighted by molar-refractivity contribution is 7.14. The SMILES string of the molecule is Cc1sc(N=Nc2c(-c3ccccc3)n(-c3ccccc3)c3ccccc23)[n+](C)c1C.[Cl-]. The quantitative estimate of drug-likeness (QED) is 0.285. The molecule has 0 amide bonds. The van der Waals surface area contributed by atoms with Crippen LogP contribution in [0.1, 0.15) is 10.6 Å². The van der Waals surface area contributed by atoms with E-state index in [9.17, 15) is 0 Å². The molecule has 0 fully saturated rings. The number of thiazole rings is 1. The van der Waals surface area contributed by atoms with E-state index in [0.29, 0.717) is 0 Å². The highest BCUT2D eigenvalue weighted by Crippen LogP contribution is 2.42. The number of rotatable bonds is 4. The maximum atomic E-state index is 4.84. The molecule has 0 saturated heterocycles. The van der Waals surface area contributed by atoms with Crippen molar-refractivity contribution in [3.05, 3.63) is 95.5 Å². The molecule has 0 saturated carbocycles. The summed E-state index contributed by atoms with van der Waals surface area (Å²) in [6.45, 7) is 4.23. The van der Waals surface area contributed by atoms with Crippen molar-refractivity contribution in [2.45, 2.75) is 13.8 Å². The van der Waals surface area contributed by atoms with Gasteiger partial charge in [-0.15, -0.1) is 0 Å². The molecule has 0 aliphatic rings. The number of nitrogens with zero attached hydrogens (tertiary/aromatic N) is 4. The van der Waals surface area contributed by atoms with Gasteiger partial charge in [-0.3, -0.25) is 0 Å². The van der Waals surface area contributed by atoms with Gasteiger partial charge in [-0.05, 0) is 48.5 Å². The van der Waals surface area contributed by atoms with Crippen LogP contribution in [0.3, 0.4) is 0 Å². The Morgan fingerprint density at radius 3 is 2.06 bits per heavy atom. The predicted octanol–water partition coefficient (Wildman–Crippen LogP) is 4.22. The molecule has 0 aliphatic heterocycles. The van der Waals surface area contributed by atoms with Crippen molar-refractivity contribution < 1.29 is 17.0 Å². The molecular formula is C26H23ClN4S. The average Bonchev–Trinajstić information content (AvgIpc) is 3.28. The molecule has 0 N–H and O–H groups in total. The molecule has 2 heterocycles. The van der Waals surface area contributed by atoms with Gasteiger partial charge in [0.25, 0.3) is 0 Å². The first-order chi connectivity index (χ1) is 15.1. The standard InChI is InChI=1S/C26H23N4S.ClH/c1-18-19(2)31-26(29(18)3)28-27-24-22-16-10-11-17-23(22)30(21-14-8-5-9-15-21)25(24)20-12-6-4-7-13-20;/h4-17H,1-3H3;1H/q+1;/p-1. The number of hydrogen-bond donors (Lipinski definition) is 0. The van der Waals surface area contributed by atoms with Crippen LogP contribution < -0.4 is 17.0 Å². The second-order valence-electron chi connectivity index (χ2n) is 7.54. The lowest BCUT2D eigenvalue weighted by Crippen LogP contribution is -3.00. The van der Waals surface area contributed by atoms with Crippen LogP contribution in [-0.4, -0.2) is 4.57 Å². The van der Waals surface area contributed by atoms with Crippen LogP contribution in [0.4, 0.5) is 10.8 Å². The average molecular weight is 459 g/mol. The third-order valence-corrected chi connectivity index (χ3v) is 6.83. The lowest BCUT2D eigenvalue weighted by Gasteiger charge is -2.11. The summed E-state index contributed by atoms with van der Waals surface area (Å²) in [6.07, 6.45) is 0. The first kappa shape index (κ1) is 21.9. The predicted molar refractivity (Wildman–Crippen MR) is 128 cm³/mol. The minimum atomic E-state index is 0. The number of para-hydroxylation sites is 2. The van der Waals surface area contributed by atoms with Crippen molar-refractivity contribution in [1.82, 2.24) is 4.57 Å². The van der Waals surface area contributed by atoms with Crippen LogP contribution in [0.5, 0.6) is 0 Å². The smallest absolute Gasteiger partial charge is 0.408 e. The topological polar surface area (TPSA) is 33.5 Å². The van der Waals surface area contributed by atoms with E-state index in [0.717, 1.165) is 38.7 Å². The van der Waals surface area contributed by atoms with E-state index < -0.39 is 0 Å². The van der Waals surface area contributed by atoms with Gasteiger partial charge in [0.2, 0.25) is 0 Å². The van der Waals surface area contributed by atoms with E-state index in [1.54, 1.807) is 11.3 Å². The number of hydrogen-bond acceptors (Lipinski definition) is 3. The van der Waals surface area contributed by atoms with Crippen LogP contribution in [0.25, 0.3) is 27.8 Å². The molecule has 4 nitrogen and oxygen atoms in total. The van der Waals surface area contributed by atoms with Crippen molar-refractivity contribution in [1.29, 1.82) is 0 Å². The van der Waals surface area contributed by atoms with Gasteiger partial charge in [-0.25, -0.2) is 4.57 Å². The molecule has 3 aromatic carbocycles. The highest BCUT2D eigenvalue weighted by Gasteiger charge is 2.22. The lowest BCUT2D eigenvalue weighted by molar-refractivity contribution is -0.660. The number of halogens is 1. The first-order valence-electron chi connectivity index (χ1n) is 10.3. The molecule has 32 heavy (non-hydrogen) atoms. The second-order valence-corrected chi connectivity index (χ2v) is 8.72. The minimum Gasteiger partial charge on any atom is -1.00 e. The van der Waals surface area contributed by atoms with Crippen LogP contribution >= 0.6 is 11.3 Å². The molecule has 0 bridgehead atoms. The summed E-state index contributed by atoms with van der Waals surface area (Å²) in [4.78, 5) is 1.26. The summed E-state index contributed by atoms with van der Waals surface area (Å²) < 4.78 is 4.38. The van der Waals surface area contributed by atoms with E-state index in [2.05, 4.69) is 95.8 Å². The Bertz CT molecular complexity index is 1400. The van der Waals surface area contributed by atoms with Crippen molar-refractivity contribution in [3.8, 4) is 16.9 Å². The molecule has 0 atom stereocenters. The number of benzene rings is 3. The molecule has 0 unspecified atom stereocenters. The molecule has 0 radical (unpaired) electrons. The van der Waals surface area contributed by atoms with Gasteiger partial charge in [0, 0.05) is 16.6 Å². The Morgan fingerprint density at radius 1 is 0.781 bits per heavy atom. The number of aromatic nitrogens is 2. The third-order valence-electron chi connectivity index (χ3n) is 5.69. The van der Waals surface area contributed by atoms with Crippen molar-refractivity contribution in [2.75, 3.05) is 0 Å². The van der Waals surface area contributed by atoms with Crippen LogP contribution in [0, 0.1) is 13.8 Å². The van der Waals surface area contributed by atoms with Crippen molar-refractivity contribution in [2.24, 2.45) is 17.3 Å². The fourth-order valence-electron chi connectivity index (χ4n) is 3.87. The molecular weight excluding hydrogens is 436 g/mol. The Hall–Kier alpha value is -3.28. The van der Waals surface area contributed by atoms with Gasteiger partial charge < -0.3 is 17.0 Å². The van der Waals surface area contributed by atoms with Gasteiger partial charge in [0.1, 0.15) is 11.4 Å². The van der Waals surface area contributed by atoms with Gasteiger partial charge in [0.15, 0.2) is 0 Å². The highest BCUT2D eigenvalue weighted by atomic mass is 35.5. The summed E-state index contributed by atoms with van der Waals surface area (Å²) in [5, 5.41) is 11.5. The van der Waals surface area contributed by atoms with Crippen LogP contribution in [0.15, 0.2) is 95.2 Å². The van der Waals surface area contributed by atoms with E-state index in [-0.39, 0.29) is 12.4 Å². The fourth-order valence-corrected chi connectivity index (χ4v) is 4.78. The van der Waals surface area contributed by atoms with E-state index >= 15 is 0 Å². The van der Waals surface area contributed by atoms with Gasteiger partial charge in [-0.1, -0.05) is 66.7 Å². The minimum absolute atomic E-state index is 0. The zero-order valence-corrected chi connectivity index (χ0v) is 19.7. The molecule has 2 aromatic heterocycles. The maximum Gasteiger partial charge on any atom is 0.408 e. The fraction of sp³-hybridized carbons (Fsp3) is 0.115. The number of fused-ring (bicyclic) bond motifs is 1. The molecule has 0 aliphatic carbocycles. The van der Waals surface area contributed by atoms with E-state index in [1.807, 2.05) is 19.2 Å². The van der Waals surface area contributed by atoms with Gasteiger partial charge in [0.05, 0.1) is 28.2 Å². The summed E-state index contributed by atoms with van der Waals surface area (Å²) in [5.74, 6) is 0. The maximum absolute atomic E-state index is 4.84. The molecule has 0 spiro atoms. The zero-order valence-electron chi connectivity index (χ0n) is 18.2. The summed E-state index contributed by atoms with van der Waals surface area (Å²) in [7, 11) is 2.04. The van der Waals surface area contributed by atoms with Crippen molar-refractivity contribution >= 4 is 33.1 Å². The van der Waals surface area contributed by atoms with Crippen LogP contribution in [0.2, 0.25) is 0 Å². The third kappa shape index (κ3) is 3.74. The Morgan fingerprint density at radius 2 is 1.41 bits per heavy atom. The van der Waals surface area contributed by atoms with E-state index in [1.165, 1.54) is 10.6 Å². The first-order valence-corrected chi connectivity index (χ1v) is 11.1. The largest absolute Gasteiger partial charge is 1.00 e. The van der Waals surface area contributed by atoms with Gasteiger partial charge >= 0.3 is 5.13 Å². The Kier molecular flexibility index (Phi) is 6.21. The molecule has 160 valence electrons. The van der Waals surface area contributed by atoms with Crippen molar-refractivity contribution in [3.63, 3.8) is 0 Å². The van der Waals surface area contributed by atoms with Crippen LogP contribution in [-0.2, 0) is 7.05 Å². The molecule has 5 rings (SSSR count). The van der Waals surface area contributed by atoms with Gasteiger partial charge in [-0.2, -0.15) is 0 Å². The summed E-state index contributed by atoms with van der Waals surface area (Å²) in [6, 6.07) is 29.3. The second kappa shape index (κ2) is 9.07. The molecule has 6 heteroatoms. The summed E-state index contributed by atoms with van der Waals surface area (Å²) >= 11 is 1.67. The summed E-state index contributed by atoms with van der Waals surface area (Å²) in [5.41, 5.74) is 6.48. The zero-order chi connectivity index (χ0) is 21.4. The Balaban J connectivity index is 0.00000245. The van der Waals surface area contributed by atoms with E-state index in [4.69, 9.17) is 10.2 Å². The normalized spacial score (nSPS) is 11.2. The molecule has 5 aromatic rings. The number of aryl methyl sites for hydroxylation is 1. The Labute approximate surface area is 197 Å². The monoisotopic (exact) mass is 458 g/mol.